The van der Waals surface area contributed by atoms with E-state index in [9.17, 15) is 14.7 Å². The standard InChI is InChI=1S/C34H33N3O7S2/c1-4-14-42-24-12-10-22(17-26(24)41-5-2)29-28(30(38)23-11-13-25-27(18-23)44-16-15-43-25)31(39)32(40)37(29)33-35-36-34(46-33)45-19-21-8-6-20(3)7-9-21/h6-13,17-18,29,38H,4-5,14-16,19H2,1-3H3/t29-/m0/s1. The Morgan fingerprint density at radius 3 is 2.52 bits per heavy atom. The summed E-state index contributed by atoms with van der Waals surface area (Å²) in [5.74, 6) is 0.644. The van der Waals surface area contributed by atoms with Crippen LogP contribution in [0.2, 0.25) is 0 Å². The number of nitrogens with zero attached hydrogens (tertiary/aromatic N) is 3. The van der Waals surface area contributed by atoms with Gasteiger partial charge < -0.3 is 24.1 Å². The van der Waals surface area contributed by atoms with Gasteiger partial charge in [-0.15, -0.1) is 10.2 Å². The Bertz CT molecular complexity index is 1790. The largest absolute Gasteiger partial charge is 0.507 e. The summed E-state index contributed by atoms with van der Waals surface area (Å²) < 4.78 is 23.8. The van der Waals surface area contributed by atoms with Gasteiger partial charge in [0.25, 0.3) is 5.78 Å². The molecule has 6 rings (SSSR count). The van der Waals surface area contributed by atoms with Crippen LogP contribution in [0, 0.1) is 6.92 Å². The highest BCUT2D eigenvalue weighted by Gasteiger charge is 2.48. The van der Waals surface area contributed by atoms with Gasteiger partial charge in [-0.1, -0.05) is 65.9 Å². The van der Waals surface area contributed by atoms with E-state index in [4.69, 9.17) is 18.9 Å². The van der Waals surface area contributed by atoms with Gasteiger partial charge in [-0.2, -0.15) is 0 Å². The number of carbonyl (C=O) groups excluding carboxylic acids is 2. The first kappa shape index (κ1) is 31.4. The fraction of sp³-hybridized carbons (Fsp3) is 0.294. The first-order valence-electron chi connectivity index (χ1n) is 15.0. The molecule has 2 aliphatic rings. The van der Waals surface area contributed by atoms with Crippen LogP contribution in [0.5, 0.6) is 23.0 Å². The first-order valence-corrected chi connectivity index (χ1v) is 16.8. The van der Waals surface area contributed by atoms with Gasteiger partial charge in [-0.25, -0.2) is 0 Å². The summed E-state index contributed by atoms with van der Waals surface area (Å²) in [6.45, 7) is 7.55. The van der Waals surface area contributed by atoms with E-state index in [1.807, 2.05) is 20.8 Å². The third-order valence-electron chi connectivity index (χ3n) is 7.39. The van der Waals surface area contributed by atoms with E-state index in [-0.39, 0.29) is 16.5 Å². The highest BCUT2D eigenvalue weighted by molar-refractivity contribution is 8.00. The number of amides is 1. The molecule has 238 valence electrons. The van der Waals surface area contributed by atoms with Gasteiger partial charge in [0.15, 0.2) is 27.3 Å². The quantitative estimate of drug-likeness (QED) is 0.0611. The molecule has 3 heterocycles. The normalized spacial score (nSPS) is 16.9. The molecule has 1 atom stereocenters. The highest BCUT2D eigenvalue weighted by Crippen LogP contribution is 2.46. The van der Waals surface area contributed by atoms with Crippen LogP contribution in [0.25, 0.3) is 5.76 Å². The molecule has 0 radical (unpaired) electrons. The number of thioether (sulfide) groups is 1. The Kier molecular flexibility index (Phi) is 9.46. The predicted molar refractivity (Wildman–Crippen MR) is 176 cm³/mol. The highest BCUT2D eigenvalue weighted by atomic mass is 32.2. The van der Waals surface area contributed by atoms with Crippen molar-refractivity contribution in [1.29, 1.82) is 0 Å². The van der Waals surface area contributed by atoms with Crippen molar-refractivity contribution in [2.75, 3.05) is 31.3 Å². The van der Waals surface area contributed by atoms with E-state index in [1.165, 1.54) is 33.6 Å². The van der Waals surface area contributed by atoms with Crippen LogP contribution in [0.4, 0.5) is 5.13 Å². The van der Waals surface area contributed by atoms with Crippen LogP contribution < -0.4 is 23.8 Å². The lowest BCUT2D eigenvalue weighted by atomic mass is 9.95. The number of Topliss-reactive ketones (excluding diaryl/α,β-unsaturated/α-hetero) is 1. The van der Waals surface area contributed by atoms with Crippen LogP contribution in [0.3, 0.4) is 0 Å². The lowest BCUT2D eigenvalue weighted by molar-refractivity contribution is -0.132. The van der Waals surface area contributed by atoms with Crippen LogP contribution in [-0.2, 0) is 15.3 Å². The summed E-state index contributed by atoms with van der Waals surface area (Å²) >= 11 is 2.70. The Morgan fingerprint density at radius 2 is 1.76 bits per heavy atom. The maximum absolute atomic E-state index is 13.8. The molecular weight excluding hydrogens is 627 g/mol. The van der Waals surface area contributed by atoms with Crippen LogP contribution in [-0.4, -0.2) is 53.4 Å². The molecule has 1 aromatic heterocycles. The van der Waals surface area contributed by atoms with Gasteiger partial charge in [-0.05, 0) is 61.7 Å². The number of ketones is 1. The number of benzene rings is 3. The van der Waals surface area contributed by atoms with Crippen molar-refractivity contribution >= 4 is 45.7 Å². The van der Waals surface area contributed by atoms with Gasteiger partial charge in [-0.3, -0.25) is 14.5 Å². The van der Waals surface area contributed by atoms with Crippen molar-refractivity contribution < 1.29 is 33.6 Å². The van der Waals surface area contributed by atoms with Gasteiger partial charge in [0.05, 0.1) is 24.8 Å². The van der Waals surface area contributed by atoms with Crippen molar-refractivity contribution in [2.45, 2.75) is 43.3 Å². The minimum Gasteiger partial charge on any atom is -0.507 e. The van der Waals surface area contributed by atoms with E-state index >= 15 is 0 Å². The Labute approximate surface area is 275 Å². The average molecular weight is 660 g/mol. The molecule has 12 heteroatoms. The fourth-order valence-electron chi connectivity index (χ4n) is 5.17. The van der Waals surface area contributed by atoms with Gasteiger partial charge in [0.1, 0.15) is 19.0 Å². The number of aromatic nitrogens is 2. The number of anilines is 1. The second-order valence-corrected chi connectivity index (χ2v) is 12.8. The molecule has 0 aliphatic carbocycles. The van der Waals surface area contributed by atoms with E-state index < -0.39 is 17.7 Å². The summed E-state index contributed by atoms with van der Waals surface area (Å²) in [5, 5.41) is 20.6. The topological polar surface area (TPSA) is 120 Å². The smallest absolute Gasteiger partial charge is 0.301 e. The molecule has 4 aromatic rings. The number of aryl methyl sites for hydroxylation is 1. The van der Waals surface area contributed by atoms with Crippen LogP contribution >= 0.6 is 23.1 Å². The lowest BCUT2D eigenvalue weighted by Gasteiger charge is -2.24. The van der Waals surface area contributed by atoms with Crippen molar-refractivity contribution in [3.05, 3.63) is 88.5 Å². The Balaban J connectivity index is 1.42. The first-order chi connectivity index (χ1) is 22.4. The molecule has 0 bridgehead atoms. The summed E-state index contributed by atoms with van der Waals surface area (Å²) in [7, 11) is 0. The Hall–Kier alpha value is -4.55. The number of carbonyl (C=O) groups is 2. The molecule has 46 heavy (non-hydrogen) atoms. The zero-order chi connectivity index (χ0) is 32.2. The predicted octanol–water partition coefficient (Wildman–Crippen LogP) is 6.72. The molecule has 1 N–H and O–H groups in total. The molecule has 10 nitrogen and oxygen atoms in total. The molecule has 1 saturated heterocycles. The second-order valence-electron chi connectivity index (χ2n) is 10.6. The maximum atomic E-state index is 13.8. The van der Waals surface area contributed by atoms with E-state index in [0.29, 0.717) is 70.6 Å². The zero-order valence-corrected chi connectivity index (χ0v) is 27.3. The molecule has 1 amide bonds. The summed E-state index contributed by atoms with van der Waals surface area (Å²) in [6.07, 6.45) is 0.810. The monoisotopic (exact) mass is 659 g/mol. The Morgan fingerprint density at radius 1 is 0.978 bits per heavy atom. The van der Waals surface area contributed by atoms with Crippen molar-refractivity contribution in [1.82, 2.24) is 10.2 Å². The van der Waals surface area contributed by atoms with Crippen molar-refractivity contribution in [3.63, 3.8) is 0 Å². The maximum Gasteiger partial charge on any atom is 0.301 e. The average Bonchev–Trinajstić information content (AvgIpc) is 3.65. The fourth-order valence-corrected chi connectivity index (χ4v) is 7.00. The third-order valence-corrected chi connectivity index (χ3v) is 9.52. The van der Waals surface area contributed by atoms with Gasteiger partial charge in [0.2, 0.25) is 5.13 Å². The molecule has 0 spiro atoms. The molecule has 0 unspecified atom stereocenters. The molecule has 0 saturated carbocycles. The number of ether oxygens (including phenoxy) is 4. The second kappa shape index (κ2) is 13.8. The lowest BCUT2D eigenvalue weighted by Crippen LogP contribution is -2.29. The number of fused-ring (bicyclic) bond motifs is 1. The van der Waals surface area contributed by atoms with Crippen molar-refractivity contribution in [3.8, 4) is 23.0 Å². The van der Waals surface area contributed by atoms with Gasteiger partial charge >= 0.3 is 5.91 Å². The SMILES string of the molecule is CCCOc1ccc([C@H]2C(=C(O)c3ccc4c(c3)OCCO4)C(=O)C(=O)N2c2nnc(SCc3ccc(C)cc3)s2)cc1OCC. The molecule has 1 fully saturated rings. The zero-order valence-electron chi connectivity index (χ0n) is 25.6. The van der Waals surface area contributed by atoms with Crippen LogP contribution in [0.15, 0.2) is 70.6 Å². The minimum atomic E-state index is -1.02. The molecular formula is C34H33N3O7S2. The number of hydrogen-bond acceptors (Lipinski definition) is 11. The molecule has 3 aromatic carbocycles. The minimum absolute atomic E-state index is 0.0876. The van der Waals surface area contributed by atoms with E-state index in [0.717, 1.165) is 12.0 Å². The third kappa shape index (κ3) is 6.40. The summed E-state index contributed by atoms with van der Waals surface area (Å²) in [4.78, 5) is 28.8. The number of aliphatic hydroxyl groups excluding tert-OH is 1. The number of rotatable bonds is 11. The summed E-state index contributed by atoms with van der Waals surface area (Å²) in [6, 6.07) is 17.4. The van der Waals surface area contributed by atoms with Crippen LogP contribution in [0.1, 0.15) is 48.6 Å². The van der Waals surface area contributed by atoms with Gasteiger partial charge in [0, 0.05) is 11.3 Å². The van der Waals surface area contributed by atoms with E-state index in [1.54, 1.807) is 36.4 Å². The molecule has 2 aliphatic heterocycles. The van der Waals surface area contributed by atoms with Crippen molar-refractivity contribution in [2.24, 2.45) is 0 Å². The number of aliphatic hydroxyl groups is 1. The van der Waals surface area contributed by atoms with E-state index in [2.05, 4.69) is 34.5 Å². The number of hydrogen-bond donors (Lipinski definition) is 1. The summed E-state index contributed by atoms with van der Waals surface area (Å²) in [5.41, 5.74) is 3.06.